The van der Waals surface area contributed by atoms with Crippen LogP contribution in [-0.2, 0) is 0 Å². The summed E-state index contributed by atoms with van der Waals surface area (Å²) in [4.78, 5) is 18.3. The van der Waals surface area contributed by atoms with Gasteiger partial charge in [-0.25, -0.2) is 14.4 Å². The fraction of sp³-hybridized carbons (Fsp3) is 0.188. The zero-order chi connectivity index (χ0) is 15.8. The van der Waals surface area contributed by atoms with Gasteiger partial charge in [0, 0.05) is 5.38 Å². The summed E-state index contributed by atoms with van der Waals surface area (Å²) in [6.45, 7) is 0. The van der Waals surface area contributed by atoms with E-state index in [2.05, 4.69) is 15.2 Å². The number of amides is 1. The summed E-state index contributed by atoms with van der Waals surface area (Å²) in [7, 11) is 0. The molecule has 1 amide bonds. The topological polar surface area (TPSA) is 61.9 Å². The Bertz CT molecular complexity index is 794. The van der Waals surface area contributed by atoms with E-state index in [1.807, 2.05) is 10.8 Å². The number of hydrogen-bond acceptors (Lipinski definition) is 4. The molecule has 1 aliphatic rings. The van der Waals surface area contributed by atoms with Crippen LogP contribution in [-0.4, -0.2) is 21.1 Å². The molecule has 1 fully saturated rings. The lowest BCUT2D eigenvalue weighted by atomic mass is 10.0. The molecule has 0 saturated heterocycles. The zero-order valence-electron chi connectivity index (χ0n) is 12.1. The number of thiophene rings is 1. The number of halogens is 1. The first-order chi connectivity index (χ1) is 11.3. The van der Waals surface area contributed by atoms with Gasteiger partial charge in [0.25, 0.3) is 5.91 Å². The maximum Gasteiger partial charge on any atom is 0.268 e. The molecule has 0 bridgehead atoms. The lowest BCUT2D eigenvalue weighted by Gasteiger charge is -2.19. The average molecular weight is 328 g/mol. The van der Waals surface area contributed by atoms with Crippen molar-refractivity contribution in [3.63, 3.8) is 0 Å². The molecule has 0 unspecified atom stereocenters. The normalized spacial score (nSPS) is 14.0. The fourth-order valence-electron chi connectivity index (χ4n) is 2.57. The Kier molecular flexibility index (Phi) is 3.42. The van der Waals surface area contributed by atoms with Gasteiger partial charge in [-0.2, -0.15) is 21.4 Å². The third-order valence-electron chi connectivity index (χ3n) is 3.86. The summed E-state index contributed by atoms with van der Waals surface area (Å²) in [6.07, 6.45) is 3.27. The lowest BCUT2D eigenvalue weighted by molar-refractivity contribution is 0.0994. The second-order valence-electron chi connectivity index (χ2n) is 5.41. The van der Waals surface area contributed by atoms with E-state index in [-0.39, 0.29) is 17.4 Å². The number of carbonyl (C=O) groups is 1. The summed E-state index contributed by atoms with van der Waals surface area (Å²) in [6, 6.07) is 6.79. The van der Waals surface area contributed by atoms with Crippen molar-refractivity contribution in [3.05, 3.63) is 58.3 Å². The van der Waals surface area contributed by atoms with Crippen LogP contribution < -0.4 is 4.90 Å². The number of rotatable bonds is 4. The van der Waals surface area contributed by atoms with Crippen molar-refractivity contribution < 1.29 is 9.18 Å². The largest absolute Gasteiger partial charge is 0.268 e. The molecule has 2 heterocycles. The Hall–Kier alpha value is -2.54. The first kappa shape index (κ1) is 14.1. The van der Waals surface area contributed by atoms with Crippen molar-refractivity contribution in [1.29, 1.82) is 0 Å². The first-order valence-corrected chi connectivity index (χ1v) is 8.20. The molecule has 3 aromatic rings. The van der Waals surface area contributed by atoms with E-state index in [4.69, 9.17) is 0 Å². The highest BCUT2D eigenvalue weighted by molar-refractivity contribution is 7.08. The van der Waals surface area contributed by atoms with Gasteiger partial charge in [0.05, 0.1) is 11.3 Å². The minimum atomic E-state index is -0.458. The molecule has 0 atom stereocenters. The molecule has 1 aromatic carbocycles. The van der Waals surface area contributed by atoms with Crippen LogP contribution in [0.15, 0.2) is 41.4 Å². The minimum absolute atomic E-state index is 0.0528. The predicted molar refractivity (Wildman–Crippen MR) is 85.5 cm³/mol. The van der Waals surface area contributed by atoms with E-state index in [1.165, 1.54) is 28.6 Å². The van der Waals surface area contributed by atoms with Crippen LogP contribution in [0.1, 0.15) is 34.7 Å². The Labute approximate surface area is 135 Å². The van der Waals surface area contributed by atoms with E-state index in [0.717, 1.165) is 12.8 Å². The van der Waals surface area contributed by atoms with Gasteiger partial charge in [0.2, 0.25) is 5.95 Å². The van der Waals surface area contributed by atoms with Crippen LogP contribution in [0.5, 0.6) is 0 Å². The Balaban J connectivity index is 1.78. The Morgan fingerprint density at radius 1 is 1.35 bits per heavy atom. The summed E-state index contributed by atoms with van der Waals surface area (Å²) < 4.78 is 14.8. The van der Waals surface area contributed by atoms with Crippen molar-refractivity contribution in [2.24, 2.45) is 0 Å². The maximum atomic E-state index is 14.8. The lowest BCUT2D eigenvalue weighted by Crippen LogP contribution is -2.27. The SMILES string of the molecule is O=C(c1cccc(C2CC2)c1F)N(c1ccsc1)c1ncn[nH]1. The number of benzene rings is 1. The predicted octanol–water partition coefficient (Wildman–Crippen LogP) is 3.86. The number of aromatic amines is 1. The average Bonchev–Trinajstić information content (AvgIpc) is 3.02. The number of hydrogen-bond donors (Lipinski definition) is 1. The molecule has 0 spiro atoms. The number of H-pyrrole nitrogens is 1. The number of nitrogens with zero attached hydrogens (tertiary/aromatic N) is 3. The van der Waals surface area contributed by atoms with Crippen molar-refractivity contribution in [3.8, 4) is 0 Å². The van der Waals surface area contributed by atoms with Crippen LogP contribution in [0.3, 0.4) is 0 Å². The van der Waals surface area contributed by atoms with E-state index >= 15 is 0 Å². The van der Waals surface area contributed by atoms with Crippen molar-refractivity contribution in [2.45, 2.75) is 18.8 Å². The van der Waals surface area contributed by atoms with Crippen LogP contribution in [0.2, 0.25) is 0 Å². The highest BCUT2D eigenvalue weighted by Crippen LogP contribution is 2.42. The van der Waals surface area contributed by atoms with Crippen LogP contribution >= 0.6 is 11.3 Å². The number of anilines is 2. The quantitative estimate of drug-likeness (QED) is 0.791. The Morgan fingerprint density at radius 3 is 2.87 bits per heavy atom. The molecule has 116 valence electrons. The third-order valence-corrected chi connectivity index (χ3v) is 4.53. The van der Waals surface area contributed by atoms with Crippen LogP contribution in [0.4, 0.5) is 16.0 Å². The molecule has 7 heteroatoms. The van der Waals surface area contributed by atoms with Gasteiger partial charge in [-0.05, 0) is 41.8 Å². The maximum absolute atomic E-state index is 14.8. The van der Waals surface area contributed by atoms with Gasteiger partial charge >= 0.3 is 0 Å². The molecule has 1 N–H and O–H groups in total. The van der Waals surface area contributed by atoms with Crippen LogP contribution in [0.25, 0.3) is 0 Å². The highest BCUT2D eigenvalue weighted by atomic mass is 32.1. The van der Waals surface area contributed by atoms with Gasteiger partial charge < -0.3 is 0 Å². The fourth-order valence-corrected chi connectivity index (χ4v) is 3.19. The van der Waals surface area contributed by atoms with E-state index in [0.29, 0.717) is 11.3 Å². The van der Waals surface area contributed by atoms with Crippen molar-refractivity contribution in [1.82, 2.24) is 15.2 Å². The van der Waals surface area contributed by atoms with E-state index < -0.39 is 11.7 Å². The van der Waals surface area contributed by atoms with Gasteiger partial charge in [-0.3, -0.25) is 4.79 Å². The van der Waals surface area contributed by atoms with Crippen molar-refractivity contribution >= 4 is 28.9 Å². The molecule has 1 saturated carbocycles. The van der Waals surface area contributed by atoms with E-state index in [9.17, 15) is 9.18 Å². The molecule has 4 rings (SSSR count). The monoisotopic (exact) mass is 328 g/mol. The second kappa shape index (κ2) is 5.58. The highest BCUT2D eigenvalue weighted by Gasteiger charge is 2.31. The van der Waals surface area contributed by atoms with Gasteiger partial charge in [0.15, 0.2) is 0 Å². The molecule has 5 nitrogen and oxygen atoms in total. The Morgan fingerprint density at radius 2 is 2.22 bits per heavy atom. The standard InChI is InChI=1S/C16H13FN4OS/c17-14-12(10-4-5-10)2-1-3-13(14)15(22)21(11-6-7-23-8-11)16-18-9-19-20-16/h1-3,6-10H,4-5H2,(H,18,19,20). The number of aromatic nitrogens is 3. The smallest absolute Gasteiger partial charge is 0.268 e. The summed E-state index contributed by atoms with van der Waals surface area (Å²) in [5.41, 5.74) is 1.31. The van der Waals surface area contributed by atoms with Crippen molar-refractivity contribution in [2.75, 3.05) is 4.90 Å². The molecule has 2 aromatic heterocycles. The molecule has 23 heavy (non-hydrogen) atoms. The number of carbonyl (C=O) groups excluding carboxylic acids is 1. The molecular weight excluding hydrogens is 315 g/mol. The van der Waals surface area contributed by atoms with Gasteiger partial charge in [-0.1, -0.05) is 12.1 Å². The molecular formula is C16H13FN4OS. The van der Waals surface area contributed by atoms with E-state index in [1.54, 1.807) is 18.2 Å². The third kappa shape index (κ3) is 2.53. The second-order valence-corrected chi connectivity index (χ2v) is 6.19. The van der Waals surface area contributed by atoms with Gasteiger partial charge in [-0.15, -0.1) is 0 Å². The summed E-state index contributed by atoms with van der Waals surface area (Å²) in [5, 5.41) is 10.1. The molecule has 0 radical (unpaired) electrons. The summed E-state index contributed by atoms with van der Waals surface area (Å²) in [5.74, 6) is -0.382. The molecule has 1 aliphatic carbocycles. The first-order valence-electron chi connectivity index (χ1n) is 7.26. The van der Waals surface area contributed by atoms with Gasteiger partial charge in [0.1, 0.15) is 12.1 Å². The van der Waals surface area contributed by atoms with Crippen LogP contribution in [0, 0.1) is 5.82 Å². The zero-order valence-corrected chi connectivity index (χ0v) is 12.9. The number of nitrogens with one attached hydrogen (secondary N) is 1. The molecule has 0 aliphatic heterocycles. The summed E-state index contributed by atoms with van der Waals surface area (Å²) >= 11 is 1.45. The minimum Gasteiger partial charge on any atom is -0.268 e.